The van der Waals surface area contributed by atoms with E-state index in [1.54, 1.807) is 13.2 Å². The molecule has 0 radical (unpaired) electrons. The van der Waals surface area contributed by atoms with E-state index >= 15 is 0 Å². The number of nitrogens with one attached hydrogen (secondary N) is 1. The number of hydrogen-bond donors (Lipinski definition) is 1. The van der Waals surface area contributed by atoms with Crippen LogP contribution in [-0.4, -0.2) is 18.0 Å². The van der Waals surface area contributed by atoms with Crippen molar-refractivity contribution in [1.29, 1.82) is 0 Å². The van der Waals surface area contributed by atoms with Crippen molar-refractivity contribution in [2.45, 2.75) is 6.92 Å². The van der Waals surface area contributed by atoms with Gasteiger partial charge in [0.1, 0.15) is 10.8 Å². The van der Waals surface area contributed by atoms with E-state index in [0.717, 1.165) is 33.3 Å². The summed E-state index contributed by atoms with van der Waals surface area (Å²) in [4.78, 5) is 16.5. The number of hydrogen-bond acceptors (Lipinski definition) is 4. The molecule has 25 heavy (non-hydrogen) atoms. The Balaban J connectivity index is 1.65. The fraction of sp³-hybridized carbons (Fsp3) is 0.100. The van der Waals surface area contributed by atoms with Gasteiger partial charge in [0.2, 0.25) is 5.91 Å². The van der Waals surface area contributed by atoms with Crippen molar-refractivity contribution in [2.75, 3.05) is 12.4 Å². The van der Waals surface area contributed by atoms with Gasteiger partial charge in [-0.2, -0.15) is 0 Å². The first-order chi connectivity index (χ1) is 12.1. The van der Waals surface area contributed by atoms with Crippen molar-refractivity contribution >= 4 is 29.0 Å². The Morgan fingerprint density at radius 1 is 1.20 bits per heavy atom. The van der Waals surface area contributed by atoms with Crippen LogP contribution in [-0.2, 0) is 4.79 Å². The van der Waals surface area contributed by atoms with Gasteiger partial charge in [0.25, 0.3) is 0 Å². The summed E-state index contributed by atoms with van der Waals surface area (Å²) in [6, 6.07) is 15.4. The van der Waals surface area contributed by atoms with Crippen LogP contribution in [0.4, 0.5) is 5.69 Å². The third-order valence-corrected chi connectivity index (χ3v) is 4.46. The minimum absolute atomic E-state index is 0.176. The summed E-state index contributed by atoms with van der Waals surface area (Å²) in [6.07, 6.45) is 3.21. The molecule has 0 saturated heterocycles. The number of thiazole rings is 1. The number of aryl methyl sites for hydroxylation is 1. The average Bonchev–Trinajstić information content (AvgIpc) is 3.09. The molecular weight excluding hydrogens is 332 g/mol. The molecule has 0 saturated carbocycles. The second-order valence-electron chi connectivity index (χ2n) is 5.50. The Bertz CT molecular complexity index is 898. The van der Waals surface area contributed by atoms with E-state index in [9.17, 15) is 4.79 Å². The Hall–Kier alpha value is -2.92. The second-order valence-corrected chi connectivity index (χ2v) is 6.36. The summed E-state index contributed by atoms with van der Waals surface area (Å²) in [7, 11) is 1.64. The number of carbonyl (C=O) groups is 1. The highest BCUT2D eigenvalue weighted by molar-refractivity contribution is 7.13. The van der Waals surface area contributed by atoms with Gasteiger partial charge in [-0.1, -0.05) is 12.1 Å². The molecule has 126 valence electrons. The lowest BCUT2D eigenvalue weighted by Crippen LogP contribution is -2.07. The maximum atomic E-state index is 12.0. The summed E-state index contributed by atoms with van der Waals surface area (Å²) in [5.74, 6) is 0.637. The molecule has 0 aliphatic carbocycles. The van der Waals surface area contributed by atoms with Gasteiger partial charge in [0, 0.05) is 22.7 Å². The Labute approximate surface area is 150 Å². The van der Waals surface area contributed by atoms with Crippen LogP contribution in [0.3, 0.4) is 0 Å². The van der Waals surface area contributed by atoms with E-state index in [4.69, 9.17) is 4.74 Å². The van der Waals surface area contributed by atoms with E-state index in [0.29, 0.717) is 0 Å². The van der Waals surface area contributed by atoms with Gasteiger partial charge in [-0.05, 0) is 55.0 Å². The van der Waals surface area contributed by atoms with Crippen molar-refractivity contribution in [3.8, 4) is 16.3 Å². The zero-order chi connectivity index (χ0) is 17.6. The van der Waals surface area contributed by atoms with Crippen LogP contribution in [0.5, 0.6) is 5.75 Å². The van der Waals surface area contributed by atoms with E-state index < -0.39 is 0 Å². The van der Waals surface area contributed by atoms with Crippen LogP contribution >= 0.6 is 11.3 Å². The number of nitrogens with zero attached hydrogens (tertiary/aromatic N) is 1. The summed E-state index contributed by atoms with van der Waals surface area (Å²) >= 11 is 1.54. The highest BCUT2D eigenvalue weighted by Gasteiger charge is 2.04. The molecule has 0 bridgehead atoms. The lowest BCUT2D eigenvalue weighted by atomic mass is 10.2. The Kier molecular flexibility index (Phi) is 5.26. The lowest BCUT2D eigenvalue weighted by molar-refractivity contribution is -0.111. The van der Waals surface area contributed by atoms with Crippen LogP contribution in [0.15, 0.2) is 60.0 Å². The quantitative estimate of drug-likeness (QED) is 0.674. The number of benzene rings is 2. The molecule has 0 fully saturated rings. The van der Waals surface area contributed by atoms with E-state index in [1.165, 1.54) is 17.4 Å². The molecule has 4 nitrogen and oxygen atoms in total. The highest BCUT2D eigenvalue weighted by atomic mass is 32.1. The Morgan fingerprint density at radius 3 is 2.72 bits per heavy atom. The average molecular weight is 350 g/mol. The first-order valence-corrected chi connectivity index (χ1v) is 8.68. The molecule has 1 N–H and O–H groups in total. The van der Waals surface area contributed by atoms with Gasteiger partial charge in [0.05, 0.1) is 12.8 Å². The zero-order valence-corrected chi connectivity index (χ0v) is 14.8. The van der Waals surface area contributed by atoms with E-state index in [-0.39, 0.29) is 5.91 Å². The lowest BCUT2D eigenvalue weighted by Gasteiger charge is -2.02. The SMILES string of the molecule is COc1ccc(-c2nc(/C=C/C(=O)Nc3cccc(C)c3)cs2)cc1. The minimum atomic E-state index is -0.176. The number of rotatable bonds is 5. The van der Waals surface area contributed by atoms with Crippen molar-refractivity contribution in [2.24, 2.45) is 0 Å². The summed E-state index contributed by atoms with van der Waals surface area (Å²) < 4.78 is 5.16. The molecule has 0 unspecified atom stereocenters. The van der Waals surface area contributed by atoms with Crippen molar-refractivity contribution in [3.63, 3.8) is 0 Å². The van der Waals surface area contributed by atoms with Gasteiger partial charge < -0.3 is 10.1 Å². The smallest absolute Gasteiger partial charge is 0.248 e. The summed E-state index contributed by atoms with van der Waals surface area (Å²) in [6.45, 7) is 1.99. The molecule has 2 aromatic carbocycles. The van der Waals surface area contributed by atoms with Gasteiger partial charge in [-0.15, -0.1) is 11.3 Å². The zero-order valence-electron chi connectivity index (χ0n) is 14.0. The first-order valence-electron chi connectivity index (χ1n) is 7.80. The third kappa shape index (κ3) is 4.55. The van der Waals surface area contributed by atoms with Crippen LogP contribution < -0.4 is 10.1 Å². The number of carbonyl (C=O) groups excluding carboxylic acids is 1. The fourth-order valence-corrected chi connectivity index (χ4v) is 3.09. The predicted molar refractivity (Wildman–Crippen MR) is 103 cm³/mol. The second kappa shape index (κ2) is 7.77. The molecule has 0 spiro atoms. The van der Waals surface area contributed by atoms with Crippen LogP contribution in [0.25, 0.3) is 16.6 Å². The fourth-order valence-electron chi connectivity index (χ4n) is 2.30. The minimum Gasteiger partial charge on any atom is -0.497 e. The molecule has 0 atom stereocenters. The standard InChI is InChI=1S/C20H18N2O2S/c1-14-4-3-5-16(12-14)21-19(23)11-8-17-13-25-20(22-17)15-6-9-18(24-2)10-7-15/h3-13H,1-2H3,(H,21,23)/b11-8+. The molecule has 0 aliphatic heterocycles. The predicted octanol–water partition coefficient (Wildman–Crippen LogP) is 4.78. The molecule has 0 aliphatic rings. The monoisotopic (exact) mass is 350 g/mol. The molecule has 5 heteroatoms. The number of methoxy groups -OCH3 is 1. The molecular formula is C20H18N2O2S. The van der Waals surface area contributed by atoms with E-state index in [1.807, 2.05) is 60.8 Å². The van der Waals surface area contributed by atoms with E-state index in [2.05, 4.69) is 10.3 Å². The number of anilines is 1. The first kappa shape index (κ1) is 16.9. The molecule has 3 rings (SSSR count). The van der Waals surface area contributed by atoms with Crippen molar-refractivity contribution in [3.05, 3.63) is 71.2 Å². The number of amides is 1. The largest absolute Gasteiger partial charge is 0.497 e. The van der Waals surface area contributed by atoms with Gasteiger partial charge >= 0.3 is 0 Å². The topological polar surface area (TPSA) is 51.2 Å². The van der Waals surface area contributed by atoms with Crippen LogP contribution in [0.2, 0.25) is 0 Å². The van der Waals surface area contributed by atoms with Crippen molar-refractivity contribution in [1.82, 2.24) is 4.98 Å². The Morgan fingerprint density at radius 2 is 2.00 bits per heavy atom. The summed E-state index contributed by atoms with van der Waals surface area (Å²) in [5, 5.41) is 5.67. The molecule has 1 amide bonds. The third-order valence-electron chi connectivity index (χ3n) is 3.55. The summed E-state index contributed by atoms with van der Waals surface area (Å²) in [5.41, 5.74) is 3.67. The van der Waals surface area contributed by atoms with Gasteiger partial charge in [-0.25, -0.2) is 4.98 Å². The normalized spacial score (nSPS) is 10.8. The number of ether oxygens (including phenoxy) is 1. The van der Waals surface area contributed by atoms with Crippen LogP contribution in [0.1, 0.15) is 11.3 Å². The molecule has 1 heterocycles. The van der Waals surface area contributed by atoms with Gasteiger partial charge in [0.15, 0.2) is 0 Å². The molecule has 1 aromatic heterocycles. The maximum absolute atomic E-state index is 12.0. The van der Waals surface area contributed by atoms with Crippen LogP contribution in [0, 0.1) is 6.92 Å². The number of aromatic nitrogens is 1. The maximum Gasteiger partial charge on any atom is 0.248 e. The van der Waals surface area contributed by atoms with Crippen molar-refractivity contribution < 1.29 is 9.53 Å². The highest BCUT2D eigenvalue weighted by Crippen LogP contribution is 2.26. The van der Waals surface area contributed by atoms with Gasteiger partial charge in [-0.3, -0.25) is 4.79 Å². The molecule has 3 aromatic rings.